The lowest BCUT2D eigenvalue weighted by Crippen LogP contribution is -2.13. The standard InChI is InChI=1S/C17H22O6/c1-4-7-8-23-17(20)14-10-12(15(18)21-5-2)9-13(11-14)16(19)22-6-3/h9-11H,4-8H2,1-3H3. The molecule has 0 unspecified atom stereocenters. The maximum Gasteiger partial charge on any atom is 0.338 e. The van der Waals surface area contributed by atoms with E-state index in [1.807, 2.05) is 6.92 Å². The van der Waals surface area contributed by atoms with E-state index in [1.54, 1.807) is 13.8 Å². The SMILES string of the molecule is CCCCOC(=O)c1cc(C(=O)OCC)cc(C(=O)OCC)c1. The Morgan fingerprint density at radius 3 is 1.48 bits per heavy atom. The highest BCUT2D eigenvalue weighted by Crippen LogP contribution is 2.15. The molecule has 0 aliphatic heterocycles. The van der Waals surface area contributed by atoms with E-state index in [4.69, 9.17) is 14.2 Å². The minimum Gasteiger partial charge on any atom is -0.462 e. The van der Waals surface area contributed by atoms with Gasteiger partial charge in [0.05, 0.1) is 36.5 Å². The molecule has 0 amide bonds. The van der Waals surface area contributed by atoms with Crippen molar-refractivity contribution in [2.75, 3.05) is 19.8 Å². The molecule has 0 aliphatic rings. The van der Waals surface area contributed by atoms with E-state index in [9.17, 15) is 14.4 Å². The van der Waals surface area contributed by atoms with Gasteiger partial charge < -0.3 is 14.2 Å². The number of unbranched alkanes of at least 4 members (excludes halogenated alkanes) is 1. The number of ether oxygens (including phenoxy) is 3. The highest BCUT2D eigenvalue weighted by Gasteiger charge is 2.18. The van der Waals surface area contributed by atoms with Crippen LogP contribution in [0, 0.1) is 0 Å². The van der Waals surface area contributed by atoms with E-state index in [-0.39, 0.29) is 36.5 Å². The van der Waals surface area contributed by atoms with Gasteiger partial charge in [0.25, 0.3) is 0 Å². The number of esters is 3. The van der Waals surface area contributed by atoms with Crippen LogP contribution in [0.2, 0.25) is 0 Å². The van der Waals surface area contributed by atoms with E-state index in [0.29, 0.717) is 0 Å². The molecule has 0 saturated heterocycles. The van der Waals surface area contributed by atoms with Crippen molar-refractivity contribution in [2.45, 2.75) is 33.6 Å². The fourth-order valence-electron chi connectivity index (χ4n) is 1.80. The summed E-state index contributed by atoms with van der Waals surface area (Å²) in [5.41, 5.74) is 0.342. The Labute approximate surface area is 135 Å². The molecule has 0 N–H and O–H groups in total. The van der Waals surface area contributed by atoms with Gasteiger partial charge in [-0.15, -0.1) is 0 Å². The van der Waals surface area contributed by atoms with Gasteiger partial charge in [-0.05, 0) is 38.5 Å². The van der Waals surface area contributed by atoms with Crippen LogP contribution in [-0.4, -0.2) is 37.7 Å². The van der Waals surface area contributed by atoms with Gasteiger partial charge in [-0.3, -0.25) is 0 Å². The number of benzene rings is 1. The summed E-state index contributed by atoms with van der Waals surface area (Å²) in [6.07, 6.45) is 1.64. The molecule has 126 valence electrons. The third-order valence-corrected chi connectivity index (χ3v) is 2.92. The van der Waals surface area contributed by atoms with Crippen molar-refractivity contribution in [3.05, 3.63) is 34.9 Å². The average Bonchev–Trinajstić information content (AvgIpc) is 2.55. The first kappa shape index (κ1) is 18.7. The van der Waals surface area contributed by atoms with Crippen LogP contribution in [0.5, 0.6) is 0 Å². The highest BCUT2D eigenvalue weighted by atomic mass is 16.5. The number of hydrogen-bond acceptors (Lipinski definition) is 6. The lowest BCUT2D eigenvalue weighted by atomic mass is 10.1. The highest BCUT2D eigenvalue weighted by molar-refractivity contribution is 6.00. The Kier molecular flexibility index (Phi) is 7.80. The molecule has 0 aromatic heterocycles. The summed E-state index contributed by atoms with van der Waals surface area (Å²) in [5, 5.41) is 0. The summed E-state index contributed by atoms with van der Waals surface area (Å²) in [7, 11) is 0. The zero-order chi connectivity index (χ0) is 17.2. The molecule has 1 rings (SSSR count). The second kappa shape index (κ2) is 9.61. The molecule has 23 heavy (non-hydrogen) atoms. The number of hydrogen-bond donors (Lipinski definition) is 0. The van der Waals surface area contributed by atoms with Gasteiger partial charge in [0.1, 0.15) is 0 Å². The molecular weight excluding hydrogens is 300 g/mol. The van der Waals surface area contributed by atoms with Gasteiger partial charge in [-0.1, -0.05) is 13.3 Å². The zero-order valence-corrected chi connectivity index (χ0v) is 13.7. The molecule has 0 radical (unpaired) electrons. The van der Waals surface area contributed by atoms with Crippen molar-refractivity contribution in [1.82, 2.24) is 0 Å². The van der Waals surface area contributed by atoms with E-state index < -0.39 is 17.9 Å². The third kappa shape index (κ3) is 5.73. The van der Waals surface area contributed by atoms with Crippen LogP contribution in [-0.2, 0) is 14.2 Å². The fourth-order valence-corrected chi connectivity index (χ4v) is 1.80. The van der Waals surface area contributed by atoms with Crippen molar-refractivity contribution in [2.24, 2.45) is 0 Å². The summed E-state index contributed by atoms with van der Waals surface area (Å²) in [4.78, 5) is 35.8. The van der Waals surface area contributed by atoms with Crippen LogP contribution in [0.15, 0.2) is 18.2 Å². The van der Waals surface area contributed by atoms with Crippen molar-refractivity contribution >= 4 is 17.9 Å². The van der Waals surface area contributed by atoms with Crippen LogP contribution in [0.3, 0.4) is 0 Å². The molecule has 1 aromatic carbocycles. The van der Waals surface area contributed by atoms with Gasteiger partial charge in [0.15, 0.2) is 0 Å². The quantitative estimate of drug-likeness (QED) is 0.416. The zero-order valence-electron chi connectivity index (χ0n) is 13.7. The molecule has 0 heterocycles. The van der Waals surface area contributed by atoms with E-state index in [2.05, 4.69) is 0 Å². The molecule has 0 bridgehead atoms. The van der Waals surface area contributed by atoms with Gasteiger partial charge in [0.2, 0.25) is 0 Å². The maximum atomic E-state index is 12.1. The number of carbonyl (C=O) groups is 3. The smallest absolute Gasteiger partial charge is 0.338 e. The van der Waals surface area contributed by atoms with E-state index >= 15 is 0 Å². The number of carbonyl (C=O) groups excluding carboxylic acids is 3. The van der Waals surface area contributed by atoms with Crippen LogP contribution >= 0.6 is 0 Å². The first-order valence-electron chi connectivity index (χ1n) is 7.69. The molecule has 0 spiro atoms. The van der Waals surface area contributed by atoms with E-state index in [0.717, 1.165) is 12.8 Å². The largest absolute Gasteiger partial charge is 0.462 e. The van der Waals surface area contributed by atoms with Gasteiger partial charge in [0, 0.05) is 0 Å². The van der Waals surface area contributed by atoms with Crippen LogP contribution in [0.25, 0.3) is 0 Å². The molecule has 0 fully saturated rings. The molecule has 0 atom stereocenters. The van der Waals surface area contributed by atoms with Crippen molar-refractivity contribution < 1.29 is 28.6 Å². The van der Waals surface area contributed by atoms with Crippen LogP contribution in [0.1, 0.15) is 64.7 Å². The molecule has 0 saturated carbocycles. The predicted octanol–water partition coefficient (Wildman–Crippen LogP) is 3.00. The van der Waals surface area contributed by atoms with Crippen LogP contribution in [0.4, 0.5) is 0 Å². The minimum atomic E-state index is -0.610. The molecule has 1 aromatic rings. The average molecular weight is 322 g/mol. The normalized spacial score (nSPS) is 10.0. The number of rotatable bonds is 8. The summed E-state index contributed by atoms with van der Waals surface area (Å²) in [6.45, 7) is 6.00. The van der Waals surface area contributed by atoms with Gasteiger partial charge in [-0.25, -0.2) is 14.4 Å². The summed E-state index contributed by atoms with van der Waals surface area (Å²) < 4.78 is 14.9. The first-order chi connectivity index (χ1) is 11.0. The first-order valence-corrected chi connectivity index (χ1v) is 7.69. The summed E-state index contributed by atoms with van der Waals surface area (Å²) in [5.74, 6) is -1.81. The third-order valence-electron chi connectivity index (χ3n) is 2.92. The lowest BCUT2D eigenvalue weighted by molar-refractivity contribution is 0.0499. The summed E-state index contributed by atoms with van der Waals surface area (Å²) >= 11 is 0. The Morgan fingerprint density at radius 2 is 1.13 bits per heavy atom. The van der Waals surface area contributed by atoms with Crippen molar-refractivity contribution in [3.8, 4) is 0 Å². The second-order valence-corrected chi connectivity index (χ2v) is 4.73. The Morgan fingerprint density at radius 1 is 0.739 bits per heavy atom. The lowest BCUT2D eigenvalue weighted by Gasteiger charge is -2.09. The van der Waals surface area contributed by atoms with E-state index in [1.165, 1.54) is 18.2 Å². The fraction of sp³-hybridized carbons (Fsp3) is 0.471. The molecule has 0 aliphatic carbocycles. The molecular formula is C17H22O6. The molecule has 6 heteroatoms. The Balaban J connectivity index is 3.10. The Bertz CT molecular complexity index is 528. The van der Waals surface area contributed by atoms with Crippen LogP contribution < -0.4 is 0 Å². The minimum absolute atomic E-state index is 0.111. The topological polar surface area (TPSA) is 78.9 Å². The predicted molar refractivity (Wildman–Crippen MR) is 83.5 cm³/mol. The van der Waals surface area contributed by atoms with Gasteiger partial charge >= 0.3 is 17.9 Å². The second-order valence-electron chi connectivity index (χ2n) is 4.73. The van der Waals surface area contributed by atoms with Crippen molar-refractivity contribution in [3.63, 3.8) is 0 Å². The summed E-state index contributed by atoms with van der Waals surface area (Å²) in [6, 6.07) is 4.06. The molecule has 6 nitrogen and oxygen atoms in total. The maximum absolute atomic E-state index is 12.1. The van der Waals surface area contributed by atoms with Crippen molar-refractivity contribution in [1.29, 1.82) is 0 Å². The van der Waals surface area contributed by atoms with Gasteiger partial charge in [-0.2, -0.15) is 0 Å². The monoisotopic (exact) mass is 322 g/mol. The Hall–Kier alpha value is -2.37.